The molecular formula is C12H18BrN3O. The van der Waals surface area contributed by atoms with Crippen molar-refractivity contribution in [3.05, 3.63) is 28.2 Å². The second-order valence-corrected chi connectivity index (χ2v) is 4.96. The second-order valence-electron chi connectivity index (χ2n) is 4.11. The van der Waals surface area contributed by atoms with Gasteiger partial charge in [-0.15, -0.1) is 0 Å². The molecule has 1 atom stereocenters. The lowest BCUT2D eigenvalue weighted by Gasteiger charge is -2.23. The number of anilines is 1. The van der Waals surface area contributed by atoms with E-state index >= 15 is 0 Å². The Morgan fingerprint density at radius 3 is 2.76 bits per heavy atom. The molecule has 0 aliphatic carbocycles. The summed E-state index contributed by atoms with van der Waals surface area (Å²) in [7, 11) is 1.93. The van der Waals surface area contributed by atoms with E-state index in [9.17, 15) is 5.11 Å². The topological polar surface area (TPSA) is 73.3 Å². The molecule has 0 radical (unpaired) electrons. The predicted octanol–water partition coefficient (Wildman–Crippen LogP) is 1.94. The van der Waals surface area contributed by atoms with Gasteiger partial charge in [0.1, 0.15) is 5.84 Å². The maximum absolute atomic E-state index is 9.28. The zero-order valence-electron chi connectivity index (χ0n) is 10.1. The molecule has 0 amide bonds. The molecule has 0 saturated carbocycles. The molecule has 17 heavy (non-hydrogen) atoms. The van der Waals surface area contributed by atoms with Crippen molar-refractivity contribution in [3.63, 3.8) is 0 Å². The molecule has 0 aromatic heterocycles. The van der Waals surface area contributed by atoms with Crippen molar-refractivity contribution < 1.29 is 5.11 Å². The first-order chi connectivity index (χ1) is 7.93. The third-order valence-corrected chi connectivity index (χ3v) is 3.22. The molecule has 5 heteroatoms. The Balaban J connectivity index is 2.96. The minimum atomic E-state index is -0.328. The molecule has 0 aliphatic heterocycles. The Morgan fingerprint density at radius 1 is 1.59 bits per heavy atom. The van der Waals surface area contributed by atoms with Crippen LogP contribution in [0.25, 0.3) is 0 Å². The van der Waals surface area contributed by atoms with Crippen LogP contribution in [0.1, 0.15) is 18.9 Å². The van der Waals surface area contributed by atoms with Gasteiger partial charge in [-0.2, -0.15) is 0 Å². The molecule has 94 valence electrons. The number of benzene rings is 1. The van der Waals surface area contributed by atoms with E-state index in [2.05, 4.69) is 15.9 Å². The maximum Gasteiger partial charge on any atom is 0.126 e. The molecule has 4 nitrogen and oxygen atoms in total. The summed E-state index contributed by atoms with van der Waals surface area (Å²) in [6, 6.07) is 5.69. The van der Waals surface area contributed by atoms with E-state index in [1.807, 2.05) is 30.1 Å². The smallest absolute Gasteiger partial charge is 0.126 e. The first-order valence-electron chi connectivity index (χ1n) is 5.45. The number of nitrogens with zero attached hydrogens (tertiary/aromatic N) is 1. The number of aliphatic hydroxyl groups is 1. The first-order valence-corrected chi connectivity index (χ1v) is 6.25. The minimum absolute atomic E-state index is 0.0383. The highest BCUT2D eigenvalue weighted by Crippen LogP contribution is 2.26. The molecule has 0 heterocycles. The first kappa shape index (κ1) is 14.0. The van der Waals surface area contributed by atoms with Crippen LogP contribution in [0.5, 0.6) is 0 Å². The van der Waals surface area contributed by atoms with E-state index in [1.165, 1.54) is 0 Å². The minimum Gasteiger partial charge on any atom is -0.393 e. The number of hydrogen-bond donors (Lipinski definition) is 3. The SMILES string of the molecule is CC(O)CCN(C)c1cccc(Br)c1C(=N)N. The highest BCUT2D eigenvalue weighted by atomic mass is 79.9. The van der Waals surface area contributed by atoms with E-state index in [1.54, 1.807) is 6.92 Å². The van der Waals surface area contributed by atoms with E-state index in [0.717, 1.165) is 10.2 Å². The van der Waals surface area contributed by atoms with Crippen molar-refractivity contribution in [2.75, 3.05) is 18.5 Å². The number of aliphatic hydroxyl groups excluding tert-OH is 1. The van der Waals surface area contributed by atoms with Crippen molar-refractivity contribution >= 4 is 27.5 Å². The highest BCUT2D eigenvalue weighted by Gasteiger charge is 2.13. The fraction of sp³-hybridized carbons (Fsp3) is 0.417. The number of rotatable bonds is 5. The van der Waals surface area contributed by atoms with Crippen molar-refractivity contribution in [3.8, 4) is 0 Å². The van der Waals surface area contributed by atoms with Gasteiger partial charge in [0.2, 0.25) is 0 Å². The van der Waals surface area contributed by atoms with Gasteiger partial charge in [-0.05, 0) is 41.4 Å². The van der Waals surface area contributed by atoms with Crippen LogP contribution in [0.2, 0.25) is 0 Å². The molecule has 1 aromatic rings. The number of amidine groups is 1. The largest absolute Gasteiger partial charge is 0.393 e. The summed E-state index contributed by atoms with van der Waals surface area (Å²) in [5, 5.41) is 16.9. The summed E-state index contributed by atoms with van der Waals surface area (Å²) in [6.07, 6.45) is 0.353. The summed E-state index contributed by atoms with van der Waals surface area (Å²) in [6.45, 7) is 2.48. The summed E-state index contributed by atoms with van der Waals surface area (Å²) in [4.78, 5) is 1.99. The van der Waals surface area contributed by atoms with Gasteiger partial charge in [0.05, 0.1) is 11.7 Å². The van der Waals surface area contributed by atoms with Gasteiger partial charge in [-0.3, -0.25) is 5.41 Å². The quantitative estimate of drug-likeness (QED) is 0.575. The Morgan fingerprint density at radius 2 is 2.24 bits per heavy atom. The van der Waals surface area contributed by atoms with E-state index in [4.69, 9.17) is 11.1 Å². The average molecular weight is 300 g/mol. The zero-order valence-corrected chi connectivity index (χ0v) is 11.7. The molecule has 1 unspecified atom stereocenters. The standard InChI is InChI=1S/C12H18BrN3O/c1-8(17)6-7-16(2)10-5-3-4-9(13)11(10)12(14)15/h3-5,8,17H,6-7H2,1-2H3,(H3,14,15). The monoisotopic (exact) mass is 299 g/mol. The third kappa shape index (κ3) is 3.71. The molecule has 0 bridgehead atoms. The van der Waals surface area contributed by atoms with Crippen LogP contribution in [0.3, 0.4) is 0 Å². The highest BCUT2D eigenvalue weighted by molar-refractivity contribution is 9.10. The summed E-state index contributed by atoms with van der Waals surface area (Å²) < 4.78 is 0.811. The fourth-order valence-electron chi connectivity index (χ4n) is 1.60. The molecule has 1 aromatic carbocycles. The van der Waals surface area contributed by atoms with Gasteiger partial charge < -0.3 is 15.7 Å². The van der Waals surface area contributed by atoms with Crippen LogP contribution < -0.4 is 10.6 Å². The molecule has 0 fully saturated rings. The predicted molar refractivity (Wildman–Crippen MR) is 74.7 cm³/mol. The van der Waals surface area contributed by atoms with Crippen LogP contribution in [0.15, 0.2) is 22.7 Å². The van der Waals surface area contributed by atoms with Gasteiger partial charge in [0.15, 0.2) is 0 Å². The van der Waals surface area contributed by atoms with Crippen molar-refractivity contribution in [1.29, 1.82) is 5.41 Å². The van der Waals surface area contributed by atoms with Gasteiger partial charge in [0.25, 0.3) is 0 Å². The molecule has 0 saturated heterocycles. The van der Waals surface area contributed by atoms with Crippen molar-refractivity contribution in [1.82, 2.24) is 0 Å². The molecule has 1 rings (SSSR count). The van der Waals surface area contributed by atoms with E-state index in [0.29, 0.717) is 18.5 Å². The van der Waals surface area contributed by atoms with Crippen LogP contribution >= 0.6 is 15.9 Å². The van der Waals surface area contributed by atoms with E-state index < -0.39 is 0 Å². The van der Waals surface area contributed by atoms with Crippen LogP contribution in [-0.4, -0.2) is 30.6 Å². The van der Waals surface area contributed by atoms with Crippen molar-refractivity contribution in [2.45, 2.75) is 19.4 Å². The second kappa shape index (κ2) is 6.02. The summed E-state index contributed by atoms with van der Waals surface area (Å²) in [5.41, 5.74) is 7.18. The number of hydrogen-bond acceptors (Lipinski definition) is 3. The lowest BCUT2D eigenvalue weighted by atomic mass is 10.1. The average Bonchev–Trinajstić information content (AvgIpc) is 2.24. The van der Waals surface area contributed by atoms with Gasteiger partial charge in [-0.1, -0.05) is 6.07 Å². The summed E-state index contributed by atoms with van der Waals surface area (Å²) in [5.74, 6) is 0.0383. The molecule has 0 spiro atoms. The van der Waals surface area contributed by atoms with Crippen LogP contribution in [0, 0.1) is 5.41 Å². The van der Waals surface area contributed by atoms with E-state index in [-0.39, 0.29) is 11.9 Å². The van der Waals surface area contributed by atoms with Crippen LogP contribution in [-0.2, 0) is 0 Å². The van der Waals surface area contributed by atoms with Gasteiger partial charge in [0, 0.05) is 23.8 Å². The summed E-state index contributed by atoms with van der Waals surface area (Å²) >= 11 is 3.40. The molecule has 4 N–H and O–H groups in total. The number of nitrogen functional groups attached to an aromatic ring is 1. The molecular weight excluding hydrogens is 282 g/mol. The Labute approximate surface area is 110 Å². The third-order valence-electron chi connectivity index (χ3n) is 2.55. The van der Waals surface area contributed by atoms with Crippen molar-refractivity contribution in [2.24, 2.45) is 5.73 Å². The number of nitrogens with two attached hydrogens (primary N) is 1. The van der Waals surface area contributed by atoms with Gasteiger partial charge >= 0.3 is 0 Å². The zero-order chi connectivity index (χ0) is 13.0. The molecule has 0 aliphatic rings. The normalized spacial score (nSPS) is 12.2. The van der Waals surface area contributed by atoms with Gasteiger partial charge in [-0.25, -0.2) is 0 Å². The number of nitrogens with one attached hydrogen (secondary N) is 1. The fourth-order valence-corrected chi connectivity index (χ4v) is 2.17. The lowest BCUT2D eigenvalue weighted by molar-refractivity contribution is 0.187. The van der Waals surface area contributed by atoms with Crippen LogP contribution in [0.4, 0.5) is 5.69 Å². The Hall–Kier alpha value is -1.07. The number of halogens is 1. The Kier molecular flexibility index (Phi) is 4.96. The Bertz CT molecular complexity index is 407. The maximum atomic E-state index is 9.28. The lowest BCUT2D eigenvalue weighted by Crippen LogP contribution is -2.25.